The Kier molecular flexibility index (Phi) is 3.92. The van der Waals surface area contributed by atoms with Gasteiger partial charge in [-0.2, -0.15) is 0 Å². The Bertz CT molecular complexity index is 329. The quantitative estimate of drug-likeness (QED) is 0.527. The van der Waals surface area contributed by atoms with E-state index in [1.54, 1.807) is 12.1 Å². The lowest BCUT2D eigenvalue weighted by Crippen LogP contribution is -1.98. The van der Waals surface area contributed by atoms with E-state index < -0.39 is 0 Å². The minimum Gasteiger partial charge on any atom is -0.494 e. The first kappa shape index (κ1) is 10.5. The first-order valence-corrected chi connectivity index (χ1v) is 4.67. The molecule has 0 amide bonds. The molecule has 0 heterocycles. The van der Waals surface area contributed by atoms with Gasteiger partial charge in [-0.05, 0) is 24.6 Å². The molecule has 74 valence electrons. The van der Waals surface area contributed by atoms with Gasteiger partial charge in [-0.1, -0.05) is 25.6 Å². The van der Waals surface area contributed by atoms with Crippen LogP contribution in [-0.2, 0) is 0 Å². The predicted octanol–water partition coefficient (Wildman–Crippen LogP) is 2.84. The number of benzene rings is 1. The number of ketones is 1. The Morgan fingerprint density at radius 3 is 3.00 bits per heavy atom. The molecule has 2 nitrogen and oxygen atoms in total. The van der Waals surface area contributed by atoms with Crippen LogP contribution in [0.4, 0.5) is 0 Å². The first-order chi connectivity index (χ1) is 6.77. The maximum Gasteiger partial charge on any atom is 0.185 e. The highest BCUT2D eigenvalue weighted by molar-refractivity contribution is 6.04. The molecule has 0 N–H and O–H groups in total. The number of hydrogen-bond acceptors (Lipinski definition) is 2. The normalized spacial score (nSPS) is 9.50. The monoisotopic (exact) mass is 190 g/mol. The van der Waals surface area contributed by atoms with Gasteiger partial charge in [0, 0.05) is 5.56 Å². The smallest absolute Gasteiger partial charge is 0.185 e. The fourth-order valence-corrected chi connectivity index (χ4v) is 1.08. The van der Waals surface area contributed by atoms with Gasteiger partial charge in [-0.3, -0.25) is 4.79 Å². The second-order valence-electron chi connectivity index (χ2n) is 2.94. The van der Waals surface area contributed by atoms with E-state index in [-0.39, 0.29) is 5.78 Å². The SMILES string of the molecule is C=CC(=O)c1cccc(OCCC)c1. The average Bonchev–Trinajstić information content (AvgIpc) is 2.25. The van der Waals surface area contributed by atoms with Gasteiger partial charge in [0.25, 0.3) is 0 Å². The fourth-order valence-electron chi connectivity index (χ4n) is 1.08. The van der Waals surface area contributed by atoms with Gasteiger partial charge in [0.2, 0.25) is 0 Å². The third-order valence-electron chi connectivity index (χ3n) is 1.78. The van der Waals surface area contributed by atoms with Crippen LogP contribution in [0.25, 0.3) is 0 Å². The lowest BCUT2D eigenvalue weighted by atomic mass is 10.1. The van der Waals surface area contributed by atoms with E-state index in [2.05, 4.69) is 6.58 Å². The standard InChI is InChI=1S/C12H14O2/c1-3-8-14-11-7-5-6-10(9-11)12(13)4-2/h4-7,9H,2-3,8H2,1H3. The molecule has 1 aromatic carbocycles. The Labute approximate surface area is 84.2 Å². The zero-order chi connectivity index (χ0) is 10.4. The van der Waals surface area contributed by atoms with Crippen molar-refractivity contribution >= 4 is 5.78 Å². The molecule has 0 saturated heterocycles. The summed E-state index contributed by atoms with van der Waals surface area (Å²) in [6.45, 7) is 6.15. The molecule has 14 heavy (non-hydrogen) atoms. The molecule has 0 aromatic heterocycles. The molecule has 0 atom stereocenters. The highest BCUT2D eigenvalue weighted by atomic mass is 16.5. The number of carbonyl (C=O) groups excluding carboxylic acids is 1. The van der Waals surface area contributed by atoms with Crippen LogP contribution in [0.15, 0.2) is 36.9 Å². The summed E-state index contributed by atoms with van der Waals surface area (Å²) in [6.07, 6.45) is 2.26. The maximum atomic E-state index is 11.3. The average molecular weight is 190 g/mol. The summed E-state index contributed by atoms with van der Waals surface area (Å²) in [6, 6.07) is 7.14. The second-order valence-corrected chi connectivity index (χ2v) is 2.94. The van der Waals surface area contributed by atoms with Crippen molar-refractivity contribution in [3.05, 3.63) is 42.5 Å². The molecule has 0 aliphatic rings. The maximum absolute atomic E-state index is 11.3. The van der Waals surface area contributed by atoms with Crippen LogP contribution in [0.1, 0.15) is 23.7 Å². The molecule has 2 heteroatoms. The minimum absolute atomic E-state index is 0.0769. The van der Waals surface area contributed by atoms with Crippen molar-refractivity contribution in [1.29, 1.82) is 0 Å². The molecule has 1 rings (SSSR count). The van der Waals surface area contributed by atoms with Crippen LogP contribution in [0.3, 0.4) is 0 Å². The van der Waals surface area contributed by atoms with Gasteiger partial charge in [-0.25, -0.2) is 0 Å². The van der Waals surface area contributed by atoms with Crippen LogP contribution in [-0.4, -0.2) is 12.4 Å². The summed E-state index contributed by atoms with van der Waals surface area (Å²) < 4.78 is 5.40. The van der Waals surface area contributed by atoms with Crippen LogP contribution in [0.2, 0.25) is 0 Å². The number of allylic oxidation sites excluding steroid dienone is 1. The lowest BCUT2D eigenvalue weighted by molar-refractivity contribution is 0.104. The van der Waals surface area contributed by atoms with Gasteiger partial charge in [0.1, 0.15) is 5.75 Å². The molecule has 1 aromatic rings. The van der Waals surface area contributed by atoms with Gasteiger partial charge < -0.3 is 4.74 Å². The Balaban J connectivity index is 2.78. The number of hydrogen-bond donors (Lipinski definition) is 0. The summed E-state index contributed by atoms with van der Waals surface area (Å²) in [5.41, 5.74) is 0.619. The molecule has 0 radical (unpaired) electrons. The topological polar surface area (TPSA) is 26.3 Å². The molecule has 0 saturated carbocycles. The van der Waals surface area contributed by atoms with Crippen LogP contribution < -0.4 is 4.74 Å². The van der Waals surface area contributed by atoms with Crippen molar-refractivity contribution in [1.82, 2.24) is 0 Å². The van der Waals surface area contributed by atoms with Crippen molar-refractivity contribution < 1.29 is 9.53 Å². The van der Waals surface area contributed by atoms with E-state index in [9.17, 15) is 4.79 Å². The summed E-state index contributed by atoms with van der Waals surface area (Å²) in [5.74, 6) is 0.659. The largest absolute Gasteiger partial charge is 0.494 e. The van der Waals surface area contributed by atoms with Gasteiger partial charge in [0.15, 0.2) is 5.78 Å². The fraction of sp³-hybridized carbons (Fsp3) is 0.250. The number of rotatable bonds is 5. The third kappa shape index (κ3) is 2.73. The van der Waals surface area contributed by atoms with Gasteiger partial charge in [-0.15, -0.1) is 0 Å². The van der Waals surface area contributed by atoms with Crippen LogP contribution >= 0.6 is 0 Å². The molecule has 0 bridgehead atoms. The highest BCUT2D eigenvalue weighted by Crippen LogP contribution is 2.14. The summed E-state index contributed by atoms with van der Waals surface area (Å²) in [4.78, 5) is 11.3. The zero-order valence-corrected chi connectivity index (χ0v) is 8.32. The Morgan fingerprint density at radius 2 is 2.36 bits per heavy atom. The highest BCUT2D eigenvalue weighted by Gasteiger charge is 2.01. The molecular formula is C12H14O2. The van der Waals surface area contributed by atoms with Crippen LogP contribution in [0, 0.1) is 0 Å². The van der Waals surface area contributed by atoms with E-state index in [1.807, 2.05) is 19.1 Å². The Hall–Kier alpha value is -1.57. The molecule has 0 aliphatic carbocycles. The predicted molar refractivity (Wildman–Crippen MR) is 56.8 cm³/mol. The summed E-state index contributed by atoms with van der Waals surface area (Å²) in [7, 11) is 0. The van der Waals surface area contributed by atoms with E-state index in [0.29, 0.717) is 12.2 Å². The molecule has 0 spiro atoms. The zero-order valence-electron chi connectivity index (χ0n) is 8.32. The van der Waals surface area contributed by atoms with Crippen molar-refractivity contribution in [3.63, 3.8) is 0 Å². The van der Waals surface area contributed by atoms with E-state index >= 15 is 0 Å². The molecule has 0 unspecified atom stereocenters. The summed E-state index contributed by atoms with van der Waals surface area (Å²) >= 11 is 0. The molecule has 0 aliphatic heterocycles. The lowest BCUT2D eigenvalue weighted by Gasteiger charge is -2.04. The Morgan fingerprint density at radius 1 is 1.57 bits per heavy atom. The summed E-state index contributed by atoms with van der Waals surface area (Å²) in [5, 5.41) is 0. The number of carbonyl (C=O) groups is 1. The van der Waals surface area contributed by atoms with E-state index in [1.165, 1.54) is 6.08 Å². The van der Waals surface area contributed by atoms with E-state index in [0.717, 1.165) is 12.2 Å². The van der Waals surface area contributed by atoms with Crippen molar-refractivity contribution in [2.75, 3.05) is 6.61 Å². The third-order valence-corrected chi connectivity index (χ3v) is 1.78. The van der Waals surface area contributed by atoms with Gasteiger partial charge in [0.05, 0.1) is 6.61 Å². The van der Waals surface area contributed by atoms with Gasteiger partial charge >= 0.3 is 0 Å². The first-order valence-electron chi connectivity index (χ1n) is 4.67. The molecule has 0 fully saturated rings. The molecular weight excluding hydrogens is 176 g/mol. The second kappa shape index (κ2) is 5.22. The van der Waals surface area contributed by atoms with Crippen molar-refractivity contribution in [3.8, 4) is 5.75 Å². The minimum atomic E-state index is -0.0769. The van der Waals surface area contributed by atoms with E-state index in [4.69, 9.17) is 4.74 Å². The van der Waals surface area contributed by atoms with Crippen molar-refractivity contribution in [2.24, 2.45) is 0 Å². The van der Waals surface area contributed by atoms with Crippen molar-refractivity contribution in [2.45, 2.75) is 13.3 Å². The van der Waals surface area contributed by atoms with Crippen LogP contribution in [0.5, 0.6) is 5.75 Å². The number of ether oxygens (including phenoxy) is 1.